The van der Waals surface area contributed by atoms with E-state index in [4.69, 9.17) is 9.47 Å². The highest BCUT2D eigenvalue weighted by Gasteiger charge is 2.20. The largest absolute Gasteiger partial charge is 0.490 e. The Kier molecular flexibility index (Phi) is 5.99. The van der Waals surface area contributed by atoms with Gasteiger partial charge in [0.25, 0.3) is 0 Å². The van der Waals surface area contributed by atoms with Crippen molar-refractivity contribution in [2.45, 2.75) is 33.6 Å². The Bertz CT molecular complexity index is 345. The minimum Gasteiger partial charge on any atom is -0.490 e. The van der Waals surface area contributed by atoms with Crippen molar-refractivity contribution in [1.29, 1.82) is 0 Å². The van der Waals surface area contributed by atoms with Crippen molar-refractivity contribution in [3.8, 4) is 11.5 Å². The number of aliphatic hydroxyl groups excluding tert-OH is 1. The highest BCUT2D eigenvalue weighted by molar-refractivity contribution is 5.39. The van der Waals surface area contributed by atoms with E-state index >= 15 is 0 Å². The van der Waals surface area contributed by atoms with Gasteiger partial charge in [-0.2, -0.15) is 0 Å². The lowest BCUT2D eigenvalue weighted by atomic mass is 9.85. The van der Waals surface area contributed by atoms with Gasteiger partial charge in [-0.15, -0.1) is 0 Å². The molecule has 0 aromatic heterocycles. The van der Waals surface area contributed by atoms with Crippen molar-refractivity contribution in [3.63, 3.8) is 0 Å². The van der Waals surface area contributed by atoms with Crippen LogP contribution in [0.15, 0.2) is 24.3 Å². The monoisotopic (exact) mass is 252 g/mol. The molecule has 0 saturated carbocycles. The number of rotatable bonds is 8. The molecule has 1 unspecified atom stereocenters. The minimum absolute atomic E-state index is 0.0550. The van der Waals surface area contributed by atoms with E-state index in [-0.39, 0.29) is 12.0 Å². The van der Waals surface area contributed by atoms with Crippen LogP contribution in [0.5, 0.6) is 11.5 Å². The van der Waals surface area contributed by atoms with Crippen LogP contribution in [0.4, 0.5) is 0 Å². The molecule has 0 saturated heterocycles. The molecule has 0 aliphatic carbocycles. The molecule has 1 aromatic carbocycles. The lowest BCUT2D eigenvalue weighted by molar-refractivity contribution is 0.107. The number of para-hydroxylation sites is 2. The molecule has 0 aliphatic heterocycles. The van der Waals surface area contributed by atoms with Gasteiger partial charge in [-0.1, -0.05) is 26.0 Å². The Morgan fingerprint density at radius 2 is 1.72 bits per heavy atom. The van der Waals surface area contributed by atoms with E-state index < -0.39 is 0 Å². The summed E-state index contributed by atoms with van der Waals surface area (Å²) in [7, 11) is 0. The maximum atomic E-state index is 9.34. The zero-order valence-electron chi connectivity index (χ0n) is 11.6. The molecule has 1 atom stereocenters. The number of ether oxygens (including phenoxy) is 2. The van der Waals surface area contributed by atoms with E-state index in [9.17, 15) is 5.11 Å². The topological polar surface area (TPSA) is 38.7 Å². The van der Waals surface area contributed by atoms with Crippen LogP contribution in [0, 0.1) is 5.41 Å². The van der Waals surface area contributed by atoms with Crippen molar-refractivity contribution in [3.05, 3.63) is 24.3 Å². The molecule has 0 spiro atoms. The lowest BCUT2D eigenvalue weighted by Gasteiger charge is -2.25. The predicted octanol–water partition coefficient (Wildman–Crippen LogP) is 3.26. The first-order chi connectivity index (χ1) is 8.65. The SMILES string of the molecule is CCOc1ccccc1OCCC(C)(CC)CO. The zero-order valence-corrected chi connectivity index (χ0v) is 11.6. The highest BCUT2D eigenvalue weighted by atomic mass is 16.5. The third-order valence-corrected chi connectivity index (χ3v) is 3.35. The van der Waals surface area contributed by atoms with Gasteiger partial charge in [0.1, 0.15) is 0 Å². The smallest absolute Gasteiger partial charge is 0.161 e. The summed E-state index contributed by atoms with van der Waals surface area (Å²) in [5.41, 5.74) is -0.0550. The molecule has 1 rings (SSSR count). The quantitative estimate of drug-likeness (QED) is 0.771. The fourth-order valence-electron chi connectivity index (χ4n) is 1.62. The standard InChI is InChI=1S/C15H24O3/c1-4-15(3,12-16)10-11-18-14-9-7-6-8-13(14)17-5-2/h6-9,16H,4-5,10-12H2,1-3H3. The molecule has 0 aliphatic rings. The molecule has 0 amide bonds. The molecule has 18 heavy (non-hydrogen) atoms. The van der Waals surface area contributed by atoms with Gasteiger partial charge in [0.05, 0.1) is 13.2 Å². The highest BCUT2D eigenvalue weighted by Crippen LogP contribution is 2.29. The van der Waals surface area contributed by atoms with E-state index in [1.165, 1.54) is 0 Å². The molecule has 0 bridgehead atoms. The van der Waals surface area contributed by atoms with E-state index in [1.54, 1.807) is 0 Å². The van der Waals surface area contributed by atoms with Gasteiger partial charge < -0.3 is 14.6 Å². The molecular formula is C15H24O3. The number of hydrogen-bond acceptors (Lipinski definition) is 3. The first-order valence-electron chi connectivity index (χ1n) is 6.60. The molecule has 0 radical (unpaired) electrons. The maximum absolute atomic E-state index is 9.34. The molecule has 3 nitrogen and oxygen atoms in total. The second-order valence-electron chi connectivity index (χ2n) is 4.80. The minimum atomic E-state index is -0.0550. The Balaban J connectivity index is 2.53. The molecule has 102 valence electrons. The van der Waals surface area contributed by atoms with Gasteiger partial charge in [0.15, 0.2) is 11.5 Å². The van der Waals surface area contributed by atoms with Gasteiger partial charge in [0, 0.05) is 6.61 Å². The van der Waals surface area contributed by atoms with Crippen LogP contribution in [-0.2, 0) is 0 Å². The zero-order chi connectivity index (χ0) is 13.4. The molecule has 3 heteroatoms. The average Bonchev–Trinajstić information content (AvgIpc) is 2.41. The van der Waals surface area contributed by atoms with Gasteiger partial charge in [-0.25, -0.2) is 0 Å². The molecular weight excluding hydrogens is 228 g/mol. The van der Waals surface area contributed by atoms with Crippen molar-refractivity contribution in [2.75, 3.05) is 19.8 Å². The van der Waals surface area contributed by atoms with Gasteiger partial charge in [-0.3, -0.25) is 0 Å². The van der Waals surface area contributed by atoms with Crippen molar-refractivity contribution in [1.82, 2.24) is 0 Å². The van der Waals surface area contributed by atoms with Crippen molar-refractivity contribution >= 4 is 0 Å². The molecule has 1 aromatic rings. The molecule has 1 N–H and O–H groups in total. The summed E-state index contributed by atoms with van der Waals surface area (Å²) in [4.78, 5) is 0. The summed E-state index contributed by atoms with van der Waals surface area (Å²) >= 11 is 0. The van der Waals surface area contributed by atoms with Gasteiger partial charge in [0.2, 0.25) is 0 Å². The summed E-state index contributed by atoms with van der Waals surface area (Å²) in [5.74, 6) is 1.55. The third-order valence-electron chi connectivity index (χ3n) is 3.35. The Labute approximate surface area is 110 Å². The third kappa shape index (κ3) is 4.22. The van der Waals surface area contributed by atoms with Crippen LogP contribution in [0.3, 0.4) is 0 Å². The summed E-state index contributed by atoms with van der Waals surface area (Å²) < 4.78 is 11.3. The summed E-state index contributed by atoms with van der Waals surface area (Å²) in [6.45, 7) is 7.53. The van der Waals surface area contributed by atoms with Crippen LogP contribution in [0.2, 0.25) is 0 Å². The Morgan fingerprint density at radius 3 is 2.22 bits per heavy atom. The van der Waals surface area contributed by atoms with Gasteiger partial charge >= 0.3 is 0 Å². The van der Waals surface area contributed by atoms with Crippen LogP contribution in [-0.4, -0.2) is 24.9 Å². The van der Waals surface area contributed by atoms with E-state index in [1.807, 2.05) is 31.2 Å². The fraction of sp³-hybridized carbons (Fsp3) is 0.600. The first-order valence-corrected chi connectivity index (χ1v) is 6.60. The maximum Gasteiger partial charge on any atom is 0.161 e. The summed E-state index contributed by atoms with van der Waals surface area (Å²) in [6.07, 6.45) is 1.78. The van der Waals surface area contributed by atoms with Crippen LogP contribution in [0.25, 0.3) is 0 Å². The van der Waals surface area contributed by atoms with Crippen molar-refractivity contribution in [2.24, 2.45) is 5.41 Å². The number of hydrogen-bond donors (Lipinski definition) is 1. The van der Waals surface area contributed by atoms with E-state index in [0.717, 1.165) is 24.3 Å². The van der Waals surface area contributed by atoms with Crippen LogP contribution >= 0.6 is 0 Å². The number of aliphatic hydroxyl groups is 1. The van der Waals surface area contributed by atoms with E-state index in [0.29, 0.717) is 13.2 Å². The second-order valence-corrected chi connectivity index (χ2v) is 4.80. The molecule has 0 fully saturated rings. The molecule has 0 heterocycles. The fourth-order valence-corrected chi connectivity index (χ4v) is 1.62. The predicted molar refractivity (Wildman–Crippen MR) is 73.2 cm³/mol. The first kappa shape index (κ1) is 14.8. The Hall–Kier alpha value is -1.22. The summed E-state index contributed by atoms with van der Waals surface area (Å²) in [6, 6.07) is 7.68. The van der Waals surface area contributed by atoms with Gasteiger partial charge in [-0.05, 0) is 37.3 Å². The Morgan fingerprint density at radius 1 is 1.11 bits per heavy atom. The summed E-state index contributed by atoms with van der Waals surface area (Å²) in [5, 5.41) is 9.34. The lowest BCUT2D eigenvalue weighted by Crippen LogP contribution is -2.23. The van der Waals surface area contributed by atoms with Crippen LogP contribution < -0.4 is 9.47 Å². The van der Waals surface area contributed by atoms with Crippen LogP contribution in [0.1, 0.15) is 33.6 Å². The van der Waals surface area contributed by atoms with E-state index in [2.05, 4.69) is 13.8 Å². The van der Waals surface area contributed by atoms with Crippen molar-refractivity contribution < 1.29 is 14.6 Å². The average molecular weight is 252 g/mol. The normalized spacial score (nSPS) is 14.0. The second kappa shape index (κ2) is 7.27. The number of benzene rings is 1.